The Labute approximate surface area is 297 Å². The molecule has 0 aliphatic heterocycles. The number of pyridine rings is 3. The van der Waals surface area contributed by atoms with E-state index in [2.05, 4.69) is 30.2 Å². The van der Waals surface area contributed by atoms with Crippen molar-refractivity contribution in [2.75, 3.05) is 4.72 Å². The first-order valence-electron chi connectivity index (χ1n) is 15.6. The lowest BCUT2D eigenvalue weighted by molar-refractivity contribution is -0.139. The molecule has 6 rings (SSSR count). The molecule has 6 aromatic rings. The Morgan fingerprint density at radius 3 is 2.28 bits per heavy atom. The number of aliphatic carboxylic acids is 1. The maximum Gasteiger partial charge on any atom is 0.335 e. The van der Waals surface area contributed by atoms with Crippen molar-refractivity contribution in [3.63, 3.8) is 0 Å². The summed E-state index contributed by atoms with van der Waals surface area (Å²) in [7, 11) is -3.06. The minimum absolute atomic E-state index is 0.0859. The summed E-state index contributed by atoms with van der Waals surface area (Å²) in [5.74, 6) is -4.91. The lowest BCUT2D eigenvalue weighted by atomic mass is 10.1. The molecule has 3 N–H and O–H groups in total. The van der Waals surface area contributed by atoms with Crippen molar-refractivity contribution in [3.8, 4) is 16.8 Å². The number of hydrogen-bond donors (Lipinski definition) is 3. The van der Waals surface area contributed by atoms with Crippen molar-refractivity contribution in [3.05, 3.63) is 129 Å². The number of sulfonamides is 1. The quantitative estimate of drug-likeness (QED) is 0.174. The van der Waals surface area contributed by atoms with Crippen LogP contribution in [0.15, 0.2) is 94.3 Å². The van der Waals surface area contributed by atoms with Crippen molar-refractivity contribution in [2.45, 2.75) is 30.8 Å². The molecule has 0 bridgehead atoms. The van der Waals surface area contributed by atoms with E-state index in [-0.39, 0.29) is 16.8 Å². The third kappa shape index (κ3) is 7.35. The minimum Gasteiger partial charge on any atom is -0.480 e. The smallest absolute Gasteiger partial charge is 0.335 e. The Bertz CT molecular complexity index is 2620. The van der Waals surface area contributed by atoms with Gasteiger partial charge in [-0.05, 0) is 36.4 Å². The topological polar surface area (TPSA) is 221 Å². The molecule has 0 saturated heterocycles. The number of aryl methyl sites for hydroxylation is 2. The second-order valence-electron chi connectivity index (χ2n) is 11.5. The van der Waals surface area contributed by atoms with E-state index in [4.69, 9.17) is 0 Å². The zero-order chi connectivity index (χ0) is 38.0. The molecule has 0 aliphatic carbocycles. The Balaban J connectivity index is 1.15. The fraction of sp³-hybridized carbons (Fsp3) is 0.147. The lowest BCUT2D eigenvalue weighted by Crippen LogP contribution is -2.42. The van der Waals surface area contributed by atoms with Crippen LogP contribution in [-0.4, -0.2) is 65.5 Å². The van der Waals surface area contributed by atoms with Gasteiger partial charge < -0.3 is 10.4 Å². The second kappa shape index (κ2) is 14.5. The van der Waals surface area contributed by atoms with Gasteiger partial charge in [0.2, 0.25) is 0 Å². The predicted octanol–water partition coefficient (Wildman–Crippen LogP) is 2.40. The summed E-state index contributed by atoms with van der Waals surface area (Å²) < 4.78 is 60.1. The molecule has 1 atom stereocenters. The summed E-state index contributed by atoms with van der Waals surface area (Å²) in [5.41, 5.74) is -1.43. The molecule has 1 amide bonds. The van der Waals surface area contributed by atoms with Crippen LogP contribution in [0.1, 0.15) is 28.8 Å². The van der Waals surface area contributed by atoms with E-state index in [0.29, 0.717) is 41.0 Å². The third-order valence-corrected chi connectivity index (χ3v) is 9.35. The lowest BCUT2D eigenvalue weighted by Gasteiger charge is -2.16. The fourth-order valence-corrected chi connectivity index (χ4v) is 6.22. The molecule has 1 aromatic carbocycles. The first-order chi connectivity index (χ1) is 25.3. The Morgan fingerprint density at radius 2 is 1.64 bits per heavy atom. The molecule has 53 heavy (non-hydrogen) atoms. The van der Waals surface area contributed by atoms with E-state index in [1.807, 2.05) is 11.6 Å². The number of amides is 1. The van der Waals surface area contributed by atoms with Gasteiger partial charge in [-0.2, -0.15) is 8.42 Å². The highest BCUT2D eigenvalue weighted by Crippen LogP contribution is 2.24. The van der Waals surface area contributed by atoms with Crippen molar-refractivity contribution in [1.29, 1.82) is 0 Å². The number of fused-ring (bicyclic) bond motifs is 1. The van der Waals surface area contributed by atoms with E-state index < -0.39 is 73.5 Å². The third-order valence-electron chi connectivity index (χ3n) is 8.07. The summed E-state index contributed by atoms with van der Waals surface area (Å²) in [6.07, 6.45) is 8.51. The first kappa shape index (κ1) is 36.0. The predicted molar refractivity (Wildman–Crippen MR) is 185 cm³/mol. The zero-order valence-corrected chi connectivity index (χ0v) is 28.5. The van der Waals surface area contributed by atoms with E-state index >= 15 is 8.78 Å². The van der Waals surface area contributed by atoms with Crippen LogP contribution in [0, 0.1) is 11.6 Å². The number of carbonyl (C=O) groups excluding carboxylic acids is 1. The van der Waals surface area contributed by atoms with Gasteiger partial charge in [-0.3, -0.25) is 28.8 Å². The van der Waals surface area contributed by atoms with Crippen molar-refractivity contribution in [2.24, 2.45) is 7.05 Å². The van der Waals surface area contributed by atoms with E-state index in [9.17, 15) is 32.7 Å². The van der Waals surface area contributed by atoms with Gasteiger partial charge in [0.1, 0.15) is 23.5 Å². The molecule has 0 fully saturated rings. The molecule has 19 heteroatoms. The number of carboxylic acids is 1. The SMILES string of the molecule is CCc1ncc(-c2ccc(S(=O)(=O)Nc3cc(F)c(C(=O)N[C@@H](Cc4ccc(-n5c(=O)c6ccncc6n(C)c5=O)cn4)C(=O)O)cc3F)nc2)cn1. The van der Waals surface area contributed by atoms with Crippen LogP contribution in [0.25, 0.3) is 27.7 Å². The number of aromatic nitrogens is 7. The van der Waals surface area contributed by atoms with Gasteiger partial charge in [-0.25, -0.2) is 37.9 Å². The monoisotopic (exact) mass is 743 g/mol. The van der Waals surface area contributed by atoms with Gasteiger partial charge >= 0.3 is 11.7 Å². The minimum atomic E-state index is -4.52. The Morgan fingerprint density at radius 1 is 0.906 bits per heavy atom. The summed E-state index contributed by atoms with van der Waals surface area (Å²) in [6.45, 7) is 1.89. The number of nitrogens with one attached hydrogen (secondary N) is 2. The summed E-state index contributed by atoms with van der Waals surface area (Å²) >= 11 is 0. The molecular formula is C34H27F2N9O7S. The molecule has 5 aromatic heterocycles. The van der Waals surface area contributed by atoms with Gasteiger partial charge in [0, 0.05) is 67.6 Å². The molecule has 0 aliphatic rings. The Hall–Kier alpha value is -6.76. The van der Waals surface area contributed by atoms with E-state index in [1.165, 1.54) is 60.7 Å². The number of carboxylic acid groups (broad SMARTS) is 1. The van der Waals surface area contributed by atoms with Gasteiger partial charge in [-0.15, -0.1) is 0 Å². The standard InChI is InChI=1S/C34H27F2N9O7S/c1-3-29-39-14-19(15-40-29)18-4-7-30(41-13-18)53(51,52)43-26-12-24(35)23(11-25(26)36)31(46)42-27(33(48)49)10-20-5-6-21(16-38-20)45-32(47)22-8-9-37-17-28(22)44(2)34(45)50/h4-9,11-17,27,43H,3,10H2,1-2H3,(H,42,46)(H,48,49)/t27-/m0/s1. The van der Waals surface area contributed by atoms with Gasteiger partial charge in [0.05, 0.1) is 40.2 Å². The number of hydrogen-bond acceptors (Lipinski definition) is 11. The number of anilines is 1. The molecule has 0 spiro atoms. The van der Waals surface area contributed by atoms with Crippen LogP contribution in [-0.2, 0) is 34.7 Å². The van der Waals surface area contributed by atoms with E-state index in [0.717, 1.165) is 10.6 Å². The van der Waals surface area contributed by atoms with Crippen LogP contribution in [0.2, 0.25) is 0 Å². The summed E-state index contributed by atoms with van der Waals surface area (Å²) in [4.78, 5) is 71.3. The van der Waals surface area contributed by atoms with E-state index in [1.54, 1.807) is 12.4 Å². The highest BCUT2D eigenvalue weighted by molar-refractivity contribution is 7.92. The second-order valence-corrected chi connectivity index (χ2v) is 13.1. The number of carbonyl (C=O) groups is 2. The number of nitrogens with zero attached hydrogens (tertiary/aromatic N) is 7. The van der Waals surface area contributed by atoms with Crippen LogP contribution < -0.4 is 21.3 Å². The largest absolute Gasteiger partial charge is 0.480 e. The first-order valence-corrected chi connectivity index (χ1v) is 17.1. The average molecular weight is 744 g/mol. The summed E-state index contributed by atoms with van der Waals surface area (Å²) in [5, 5.41) is 11.6. The maximum absolute atomic E-state index is 15.1. The number of benzene rings is 1. The molecule has 0 radical (unpaired) electrons. The highest BCUT2D eigenvalue weighted by atomic mass is 32.2. The van der Waals surface area contributed by atoms with Crippen molar-refractivity contribution < 1.29 is 31.9 Å². The van der Waals surface area contributed by atoms with Crippen LogP contribution in [0.4, 0.5) is 14.5 Å². The van der Waals surface area contributed by atoms with Crippen LogP contribution in [0.5, 0.6) is 0 Å². The molecule has 5 heterocycles. The molecule has 0 unspecified atom stereocenters. The normalized spacial score (nSPS) is 12.0. The molecule has 16 nitrogen and oxygen atoms in total. The maximum atomic E-state index is 15.1. The fourth-order valence-electron chi connectivity index (χ4n) is 5.23. The zero-order valence-electron chi connectivity index (χ0n) is 27.7. The Kier molecular flexibility index (Phi) is 9.84. The van der Waals surface area contributed by atoms with Gasteiger partial charge in [-0.1, -0.05) is 6.92 Å². The van der Waals surface area contributed by atoms with Crippen LogP contribution in [0.3, 0.4) is 0 Å². The molecular weight excluding hydrogens is 716 g/mol. The van der Waals surface area contributed by atoms with Crippen molar-refractivity contribution in [1.82, 2.24) is 39.4 Å². The number of halogens is 2. The van der Waals surface area contributed by atoms with Gasteiger partial charge in [0.15, 0.2) is 5.03 Å². The average Bonchev–Trinajstić information content (AvgIpc) is 3.15. The molecule has 0 saturated carbocycles. The number of rotatable bonds is 11. The summed E-state index contributed by atoms with van der Waals surface area (Å²) in [6, 6.07) is 5.91. The van der Waals surface area contributed by atoms with Crippen molar-refractivity contribution >= 4 is 38.5 Å². The molecule has 270 valence electrons. The van der Waals surface area contributed by atoms with Gasteiger partial charge in [0.25, 0.3) is 21.5 Å². The van der Waals surface area contributed by atoms with Crippen LogP contribution >= 0.6 is 0 Å². The highest BCUT2D eigenvalue weighted by Gasteiger charge is 2.26.